The van der Waals surface area contributed by atoms with Crippen LogP contribution < -0.4 is 9.62 Å². The maximum atomic E-state index is 12.8. The molecule has 0 spiro atoms. The second kappa shape index (κ2) is 10.6. The summed E-state index contributed by atoms with van der Waals surface area (Å²) in [5.74, 6) is -2.71. The summed E-state index contributed by atoms with van der Waals surface area (Å²) < 4.78 is 69.5. The number of sulfonamides is 1. The van der Waals surface area contributed by atoms with Gasteiger partial charge in [-0.1, -0.05) is 18.3 Å². The molecule has 1 aliphatic heterocycles. The molecule has 10 nitrogen and oxygen atoms in total. The number of esters is 1. The summed E-state index contributed by atoms with van der Waals surface area (Å²) in [6, 6.07) is 3.08. The van der Waals surface area contributed by atoms with Gasteiger partial charge in [-0.3, -0.25) is 4.72 Å². The zero-order valence-corrected chi connectivity index (χ0v) is 20.1. The Bertz CT molecular complexity index is 1170. The van der Waals surface area contributed by atoms with E-state index in [1.165, 1.54) is 6.07 Å². The monoisotopic (exact) mass is 520 g/mol. The number of hydrogen-bond acceptors (Lipinski definition) is 10. The Morgan fingerprint density at radius 1 is 1.26 bits per heavy atom. The fourth-order valence-corrected chi connectivity index (χ4v) is 4.97. The van der Waals surface area contributed by atoms with E-state index in [9.17, 15) is 26.4 Å². The van der Waals surface area contributed by atoms with Crippen molar-refractivity contribution < 1.29 is 31.1 Å². The quantitative estimate of drug-likeness (QED) is 0.378. The molecular weight excluding hydrogens is 497 g/mol. The lowest BCUT2D eigenvalue weighted by atomic mass is 10.00. The topological polar surface area (TPSA) is 126 Å². The SMILES string of the molecule is CCCN1CCCc2cc(N=Nc3nnc(C(=O)OCC)s3)c(NS(=O)(=O)CC(F)(F)F)cc21. The molecule has 0 radical (unpaired) electrons. The number of aryl methyl sites for hydroxylation is 1. The summed E-state index contributed by atoms with van der Waals surface area (Å²) >= 11 is 0.810. The first-order valence-corrected chi connectivity index (χ1v) is 12.9. The fraction of sp³-hybridized carbons (Fsp3) is 0.526. The Labute approximate surface area is 198 Å². The minimum atomic E-state index is -4.91. The number of anilines is 2. The highest BCUT2D eigenvalue weighted by Gasteiger charge is 2.35. The summed E-state index contributed by atoms with van der Waals surface area (Å²) in [6.07, 6.45) is -2.51. The van der Waals surface area contributed by atoms with Gasteiger partial charge in [0.25, 0.3) is 5.13 Å². The molecule has 2 heterocycles. The van der Waals surface area contributed by atoms with Gasteiger partial charge in [-0.25, -0.2) is 13.2 Å². The highest BCUT2D eigenvalue weighted by Crippen LogP contribution is 2.38. The molecule has 1 aromatic carbocycles. The van der Waals surface area contributed by atoms with Crippen LogP contribution >= 0.6 is 11.3 Å². The molecule has 0 aliphatic carbocycles. The lowest BCUT2D eigenvalue weighted by molar-refractivity contribution is -0.106. The molecule has 0 bridgehead atoms. The summed E-state index contributed by atoms with van der Waals surface area (Å²) in [7, 11) is -4.75. The lowest BCUT2D eigenvalue weighted by Crippen LogP contribution is -2.31. The van der Waals surface area contributed by atoms with Crippen molar-refractivity contribution in [2.75, 3.05) is 35.1 Å². The molecule has 1 aromatic heterocycles. The Morgan fingerprint density at radius 2 is 2.03 bits per heavy atom. The van der Waals surface area contributed by atoms with E-state index in [0.717, 1.165) is 42.0 Å². The largest absolute Gasteiger partial charge is 0.461 e. The predicted octanol–water partition coefficient (Wildman–Crippen LogP) is 4.60. The van der Waals surface area contributed by atoms with Gasteiger partial charge >= 0.3 is 12.1 Å². The summed E-state index contributed by atoms with van der Waals surface area (Å²) in [6.45, 7) is 5.25. The summed E-state index contributed by atoms with van der Waals surface area (Å²) in [5, 5.41) is 15.3. The van der Waals surface area contributed by atoms with Gasteiger partial charge in [-0.15, -0.1) is 20.4 Å². The van der Waals surface area contributed by atoms with E-state index in [1.807, 2.05) is 11.6 Å². The number of halogens is 3. The van der Waals surface area contributed by atoms with Crippen molar-refractivity contribution in [1.29, 1.82) is 0 Å². The van der Waals surface area contributed by atoms with E-state index >= 15 is 0 Å². The number of azo groups is 1. The second-order valence-corrected chi connectivity index (χ2v) is 10.1. The molecular formula is C19H23F3N6O4S2. The Morgan fingerprint density at radius 3 is 2.71 bits per heavy atom. The highest BCUT2D eigenvalue weighted by molar-refractivity contribution is 7.92. The first kappa shape index (κ1) is 25.8. The number of carbonyl (C=O) groups excluding carboxylic acids is 1. The van der Waals surface area contributed by atoms with Gasteiger partial charge in [-0.2, -0.15) is 13.2 Å². The number of ether oxygens (including phenoxy) is 1. The average Bonchev–Trinajstić information content (AvgIpc) is 3.20. The number of nitrogens with one attached hydrogen (secondary N) is 1. The van der Waals surface area contributed by atoms with Gasteiger partial charge in [0.2, 0.25) is 15.0 Å². The van der Waals surface area contributed by atoms with Crippen molar-refractivity contribution >= 4 is 49.5 Å². The van der Waals surface area contributed by atoms with Gasteiger partial charge in [-0.05, 0) is 43.9 Å². The number of alkyl halides is 3. The third-order valence-corrected chi connectivity index (χ3v) is 6.66. The smallest absolute Gasteiger partial charge is 0.404 e. The number of hydrogen-bond donors (Lipinski definition) is 1. The molecule has 34 heavy (non-hydrogen) atoms. The molecule has 2 aromatic rings. The van der Waals surface area contributed by atoms with Crippen LogP contribution in [0.25, 0.3) is 0 Å². The Hall–Kier alpha value is -2.81. The zero-order valence-electron chi connectivity index (χ0n) is 18.4. The minimum absolute atomic E-state index is 0.00233. The molecule has 0 saturated heterocycles. The highest BCUT2D eigenvalue weighted by atomic mass is 32.2. The van der Waals surface area contributed by atoms with Gasteiger partial charge < -0.3 is 9.64 Å². The molecule has 186 valence electrons. The van der Waals surface area contributed by atoms with E-state index in [1.54, 1.807) is 13.0 Å². The predicted molar refractivity (Wildman–Crippen MR) is 121 cm³/mol. The number of rotatable bonds is 9. The molecule has 0 fully saturated rings. The van der Waals surface area contributed by atoms with Crippen LogP contribution in [0.5, 0.6) is 0 Å². The maximum Gasteiger partial charge on any atom is 0.404 e. The van der Waals surface area contributed by atoms with E-state index in [0.29, 0.717) is 13.0 Å². The van der Waals surface area contributed by atoms with Gasteiger partial charge in [0.05, 0.1) is 12.3 Å². The van der Waals surface area contributed by atoms with Crippen LogP contribution in [0.3, 0.4) is 0 Å². The van der Waals surface area contributed by atoms with E-state index < -0.39 is 27.9 Å². The van der Waals surface area contributed by atoms with Crippen LogP contribution in [-0.4, -0.2) is 56.2 Å². The lowest BCUT2D eigenvalue weighted by Gasteiger charge is -2.32. The Balaban J connectivity index is 1.98. The fourth-order valence-electron chi connectivity index (χ4n) is 3.41. The van der Waals surface area contributed by atoms with E-state index in [4.69, 9.17) is 4.74 Å². The van der Waals surface area contributed by atoms with Crippen LogP contribution in [-0.2, 0) is 21.2 Å². The van der Waals surface area contributed by atoms with Crippen molar-refractivity contribution in [3.63, 3.8) is 0 Å². The second-order valence-electron chi connectivity index (χ2n) is 7.38. The van der Waals surface area contributed by atoms with Crippen LogP contribution in [0.4, 0.5) is 35.4 Å². The molecule has 0 saturated carbocycles. The average molecular weight is 521 g/mol. The van der Waals surface area contributed by atoms with Crippen molar-refractivity contribution in [2.45, 2.75) is 39.3 Å². The molecule has 0 unspecified atom stereocenters. The van der Waals surface area contributed by atoms with Gasteiger partial charge in [0.15, 0.2) is 5.75 Å². The standard InChI is InChI=1S/C19H23F3N6O4S2/c1-3-7-28-8-5-6-12-9-13(23-25-18-26-24-16(33-18)17(29)32-4-2)14(10-15(12)28)27-34(30,31)11-19(20,21)22/h9-10,27H,3-8,11H2,1-2H3. The molecule has 1 aliphatic rings. The third-order valence-electron chi connectivity index (χ3n) is 4.63. The van der Waals surface area contributed by atoms with Crippen molar-refractivity contribution in [1.82, 2.24) is 10.2 Å². The van der Waals surface area contributed by atoms with Crippen molar-refractivity contribution in [2.24, 2.45) is 10.2 Å². The zero-order chi connectivity index (χ0) is 24.9. The van der Waals surface area contributed by atoms with Gasteiger partial charge in [0, 0.05) is 18.8 Å². The number of fused-ring (bicyclic) bond motifs is 1. The first-order valence-electron chi connectivity index (χ1n) is 10.4. The molecule has 0 amide bonds. The number of aromatic nitrogens is 2. The molecule has 1 N–H and O–H groups in total. The summed E-state index contributed by atoms with van der Waals surface area (Å²) in [5.41, 5.74) is 1.50. The van der Waals surface area contributed by atoms with Crippen molar-refractivity contribution in [3.05, 3.63) is 22.7 Å². The molecule has 0 atom stereocenters. The van der Waals surface area contributed by atoms with E-state index in [2.05, 4.69) is 25.3 Å². The normalized spacial score (nSPS) is 14.3. The molecule has 3 rings (SSSR count). The first-order chi connectivity index (χ1) is 16.0. The van der Waals surface area contributed by atoms with Crippen LogP contribution in [0.15, 0.2) is 22.4 Å². The van der Waals surface area contributed by atoms with Crippen molar-refractivity contribution in [3.8, 4) is 0 Å². The van der Waals surface area contributed by atoms with Crippen LogP contribution in [0.1, 0.15) is 42.1 Å². The molecule has 15 heteroatoms. The number of nitrogens with zero attached hydrogens (tertiary/aromatic N) is 5. The number of carbonyl (C=O) groups is 1. The number of benzene rings is 1. The summed E-state index contributed by atoms with van der Waals surface area (Å²) in [4.78, 5) is 13.8. The van der Waals surface area contributed by atoms with Crippen LogP contribution in [0, 0.1) is 0 Å². The Kier molecular flexibility index (Phi) is 8.07. The van der Waals surface area contributed by atoms with Gasteiger partial charge in [0.1, 0.15) is 5.69 Å². The van der Waals surface area contributed by atoms with Crippen LogP contribution in [0.2, 0.25) is 0 Å². The third kappa shape index (κ3) is 6.85. The van der Waals surface area contributed by atoms with E-state index in [-0.39, 0.29) is 28.1 Å². The maximum absolute atomic E-state index is 12.8. The minimum Gasteiger partial charge on any atom is -0.461 e.